The lowest BCUT2D eigenvalue weighted by atomic mass is 10.1. The highest BCUT2D eigenvalue weighted by atomic mass is 35.5. The fraction of sp³-hybridized carbons (Fsp3) is 0.222. The lowest BCUT2D eigenvalue weighted by Crippen LogP contribution is -1.95. The molecule has 0 amide bonds. The zero-order chi connectivity index (χ0) is 8.55. The molecular formula is C9H7ClO2. The summed E-state index contributed by atoms with van der Waals surface area (Å²) in [5, 5.41) is 0.684. The van der Waals surface area contributed by atoms with Crippen molar-refractivity contribution in [2.24, 2.45) is 0 Å². The number of fused-ring (bicyclic) bond motifs is 1. The molecule has 1 aliphatic heterocycles. The Bertz CT molecular complexity index is 322. The average molecular weight is 183 g/mol. The molecule has 1 heterocycles. The van der Waals surface area contributed by atoms with E-state index in [9.17, 15) is 4.79 Å². The van der Waals surface area contributed by atoms with Gasteiger partial charge in [-0.2, -0.15) is 0 Å². The summed E-state index contributed by atoms with van der Waals surface area (Å²) < 4.78 is 5.20. The summed E-state index contributed by atoms with van der Waals surface area (Å²) in [4.78, 5) is 10.5. The molecule has 0 saturated heterocycles. The molecule has 1 aromatic carbocycles. The molecule has 1 aliphatic rings. The fourth-order valence-corrected chi connectivity index (χ4v) is 1.55. The Kier molecular flexibility index (Phi) is 1.87. The standard InChI is InChI=1S/C9H7ClO2/c10-7-1-2-8-6(3-7)5-12-9(8)4-11/h1-4,9H,5H2. The first-order chi connectivity index (χ1) is 5.81. The van der Waals surface area contributed by atoms with Crippen LogP contribution in [-0.4, -0.2) is 6.29 Å². The minimum atomic E-state index is -0.391. The molecule has 0 bridgehead atoms. The Morgan fingerprint density at radius 2 is 2.42 bits per heavy atom. The van der Waals surface area contributed by atoms with E-state index >= 15 is 0 Å². The number of benzene rings is 1. The Balaban J connectivity index is 2.47. The quantitative estimate of drug-likeness (QED) is 0.622. The van der Waals surface area contributed by atoms with E-state index in [-0.39, 0.29) is 0 Å². The molecule has 0 N–H and O–H groups in total. The van der Waals surface area contributed by atoms with Gasteiger partial charge in [0.05, 0.1) is 6.61 Å². The molecule has 0 spiro atoms. The van der Waals surface area contributed by atoms with Gasteiger partial charge in [-0.15, -0.1) is 0 Å². The SMILES string of the molecule is O=CC1OCc2cc(Cl)ccc21. The highest BCUT2D eigenvalue weighted by Gasteiger charge is 2.22. The summed E-state index contributed by atoms with van der Waals surface area (Å²) >= 11 is 5.77. The van der Waals surface area contributed by atoms with Crippen LogP contribution in [0.2, 0.25) is 5.02 Å². The van der Waals surface area contributed by atoms with Crippen LogP contribution in [0.1, 0.15) is 17.2 Å². The van der Waals surface area contributed by atoms with Gasteiger partial charge in [-0.25, -0.2) is 0 Å². The topological polar surface area (TPSA) is 26.3 Å². The second-order valence-corrected chi connectivity index (χ2v) is 3.15. The molecule has 0 saturated carbocycles. The van der Waals surface area contributed by atoms with Crippen LogP contribution in [0.5, 0.6) is 0 Å². The van der Waals surface area contributed by atoms with Gasteiger partial charge >= 0.3 is 0 Å². The molecule has 2 nitrogen and oxygen atoms in total. The maximum atomic E-state index is 10.5. The van der Waals surface area contributed by atoms with Crippen LogP contribution in [0.25, 0.3) is 0 Å². The van der Waals surface area contributed by atoms with Crippen LogP contribution in [0.15, 0.2) is 18.2 Å². The van der Waals surface area contributed by atoms with Gasteiger partial charge in [0.15, 0.2) is 6.29 Å². The summed E-state index contributed by atoms with van der Waals surface area (Å²) in [6.07, 6.45) is 0.414. The lowest BCUT2D eigenvalue weighted by Gasteiger charge is -2.00. The highest BCUT2D eigenvalue weighted by Crippen LogP contribution is 2.30. The van der Waals surface area contributed by atoms with Crippen LogP contribution >= 0.6 is 11.6 Å². The first kappa shape index (κ1) is 7.77. The van der Waals surface area contributed by atoms with Gasteiger partial charge in [0.2, 0.25) is 0 Å². The first-order valence-corrected chi connectivity index (χ1v) is 4.04. The summed E-state index contributed by atoms with van der Waals surface area (Å²) in [7, 11) is 0. The molecule has 62 valence electrons. The Hall–Kier alpha value is -0.860. The predicted molar refractivity (Wildman–Crippen MR) is 45.0 cm³/mol. The van der Waals surface area contributed by atoms with E-state index in [0.717, 1.165) is 17.4 Å². The molecule has 1 atom stereocenters. The van der Waals surface area contributed by atoms with E-state index in [2.05, 4.69) is 0 Å². The van der Waals surface area contributed by atoms with Crippen molar-refractivity contribution in [3.63, 3.8) is 0 Å². The Morgan fingerprint density at radius 3 is 3.17 bits per heavy atom. The van der Waals surface area contributed by atoms with Crippen molar-refractivity contribution < 1.29 is 9.53 Å². The number of aldehydes is 1. The zero-order valence-electron chi connectivity index (χ0n) is 6.29. The van der Waals surface area contributed by atoms with Crippen LogP contribution in [0, 0.1) is 0 Å². The molecule has 12 heavy (non-hydrogen) atoms. The van der Waals surface area contributed by atoms with Crippen LogP contribution < -0.4 is 0 Å². The summed E-state index contributed by atoms with van der Waals surface area (Å²) in [6.45, 7) is 0.485. The smallest absolute Gasteiger partial charge is 0.153 e. The third kappa shape index (κ3) is 1.13. The van der Waals surface area contributed by atoms with Gasteiger partial charge in [0.25, 0.3) is 0 Å². The van der Waals surface area contributed by atoms with Gasteiger partial charge in [0, 0.05) is 5.02 Å². The van der Waals surface area contributed by atoms with Gasteiger partial charge in [0.1, 0.15) is 6.10 Å². The van der Waals surface area contributed by atoms with Crippen LogP contribution in [0.3, 0.4) is 0 Å². The normalized spacial score (nSPS) is 20.6. The molecule has 0 aliphatic carbocycles. The van der Waals surface area contributed by atoms with Crippen LogP contribution in [0.4, 0.5) is 0 Å². The van der Waals surface area contributed by atoms with Crippen molar-refractivity contribution >= 4 is 17.9 Å². The van der Waals surface area contributed by atoms with Crippen LogP contribution in [-0.2, 0) is 16.1 Å². The van der Waals surface area contributed by atoms with E-state index in [0.29, 0.717) is 11.6 Å². The van der Waals surface area contributed by atoms with E-state index in [4.69, 9.17) is 16.3 Å². The molecule has 0 fully saturated rings. The van der Waals surface area contributed by atoms with E-state index in [1.165, 1.54) is 0 Å². The highest BCUT2D eigenvalue weighted by molar-refractivity contribution is 6.30. The summed E-state index contributed by atoms with van der Waals surface area (Å²) in [5.41, 5.74) is 1.95. The van der Waals surface area contributed by atoms with Gasteiger partial charge in [-0.1, -0.05) is 17.7 Å². The number of halogens is 1. The molecule has 3 heteroatoms. The molecule has 0 radical (unpaired) electrons. The second-order valence-electron chi connectivity index (χ2n) is 2.71. The summed E-state index contributed by atoms with van der Waals surface area (Å²) in [6, 6.07) is 5.44. The summed E-state index contributed by atoms with van der Waals surface area (Å²) in [5.74, 6) is 0. The molecular weight excluding hydrogens is 176 g/mol. The molecule has 1 aromatic rings. The maximum Gasteiger partial charge on any atom is 0.153 e. The van der Waals surface area contributed by atoms with Crippen molar-refractivity contribution in [2.75, 3.05) is 0 Å². The van der Waals surface area contributed by atoms with Gasteiger partial charge < -0.3 is 9.53 Å². The van der Waals surface area contributed by atoms with Crippen molar-refractivity contribution in [2.45, 2.75) is 12.7 Å². The van der Waals surface area contributed by atoms with Crippen molar-refractivity contribution in [1.82, 2.24) is 0 Å². The molecule has 2 rings (SSSR count). The number of carbonyl (C=O) groups is 1. The molecule has 1 unspecified atom stereocenters. The third-order valence-corrected chi connectivity index (χ3v) is 2.19. The van der Waals surface area contributed by atoms with Crippen molar-refractivity contribution in [1.29, 1.82) is 0 Å². The number of hydrogen-bond acceptors (Lipinski definition) is 2. The minimum absolute atomic E-state index is 0.391. The first-order valence-electron chi connectivity index (χ1n) is 3.66. The fourth-order valence-electron chi connectivity index (χ4n) is 1.36. The number of ether oxygens (including phenoxy) is 1. The van der Waals surface area contributed by atoms with Crippen molar-refractivity contribution in [3.8, 4) is 0 Å². The average Bonchev–Trinajstić information content (AvgIpc) is 2.46. The number of rotatable bonds is 1. The van der Waals surface area contributed by atoms with Crippen molar-refractivity contribution in [3.05, 3.63) is 34.3 Å². The Labute approximate surface area is 75.1 Å². The largest absolute Gasteiger partial charge is 0.361 e. The Morgan fingerprint density at radius 1 is 1.58 bits per heavy atom. The van der Waals surface area contributed by atoms with E-state index in [1.54, 1.807) is 6.07 Å². The molecule has 0 aromatic heterocycles. The monoisotopic (exact) mass is 182 g/mol. The lowest BCUT2D eigenvalue weighted by molar-refractivity contribution is -0.117. The van der Waals surface area contributed by atoms with E-state index < -0.39 is 6.10 Å². The van der Waals surface area contributed by atoms with Gasteiger partial charge in [-0.05, 0) is 23.3 Å². The van der Waals surface area contributed by atoms with E-state index in [1.807, 2.05) is 12.1 Å². The number of hydrogen-bond donors (Lipinski definition) is 0. The third-order valence-electron chi connectivity index (χ3n) is 1.95. The number of carbonyl (C=O) groups excluding carboxylic acids is 1. The zero-order valence-corrected chi connectivity index (χ0v) is 7.04. The predicted octanol–water partition coefficient (Wildman–Crippen LogP) is 2.11. The minimum Gasteiger partial charge on any atom is -0.361 e. The maximum absolute atomic E-state index is 10.5. The van der Waals surface area contributed by atoms with Gasteiger partial charge in [-0.3, -0.25) is 0 Å². The second kappa shape index (κ2) is 2.88.